The zero-order chi connectivity index (χ0) is 13.0. The number of nitrogens with zero attached hydrogens (tertiary/aromatic N) is 3. The van der Waals surface area contributed by atoms with Gasteiger partial charge in [0.25, 0.3) is 0 Å². The molecule has 1 fully saturated rings. The van der Waals surface area contributed by atoms with Gasteiger partial charge in [0.2, 0.25) is 0 Å². The van der Waals surface area contributed by atoms with Crippen LogP contribution in [0.5, 0.6) is 0 Å². The number of likely N-dealkylation sites (tertiary alicyclic amines) is 1. The lowest BCUT2D eigenvalue weighted by molar-refractivity contribution is 0.154. The molecule has 1 aromatic rings. The molecule has 0 bridgehead atoms. The summed E-state index contributed by atoms with van der Waals surface area (Å²) in [5.41, 5.74) is 0. The molecule has 2 rings (SSSR count). The summed E-state index contributed by atoms with van der Waals surface area (Å²) >= 11 is 0. The van der Waals surface area contributed by atoms with E-state index in [2.05, 4.69) is 40.8 Å². The van der Waals surface area contributed by atoms with Crippen molar-refractivity contribution in [1.82, 2.24) is 19.8 Å². The normalized spacial score (nSPS) is 23.2. The van der Waals surface area contributed by atoms with Gasteiger partial charge in [-0.3, -0.25) is 0 Å². The van der Waals surface area contributed by atoms with Gasteiger partial charge in [-0.25, -0.2) is 4.98 Å². The maximum absolute atomic E-state index is 4.39. The highest BCUT2D eigenvalue weighted by atomic mass is 15.1. The number of piperidine rings is 1. The summed E-state index contributed by atoms with van der Waals surface area (Å²) in [5, 5.41) is 3.39. The third kappa shape index (κ3) is 3.33. The van der Waals surface area contributed by atoms with Crippen LogP contribution in [0, 0.1) is 5.92 Å². The summed E-state index contributed by atoms with van der Waals surface area (Å²) in [6.07, 6.45) is 7.66. The monoisotopic (exact) mass is 250 g/mol. The molecule has 1 N–H and O–H groups in total. The Morgan fingerprint density at radius 1 is 1.56 bits per heavy atom. The van der Waals surface area contributed by atoms with Gasteiger partial charge in [-0.1, -0.05) is 0 Å². The molecule has 1 aromatic heterocycles. The molecule has 1 aliphatic heterocycles. The van der Waals surface area contributed by atoms with Gasteiger partial charge in [-0.05, 0) is 39.3 Å². The zero-order valence-corrected chi connectivity index (χ0v) is 11.9. The fourth-order valence-corrected chi connectivity index (χ4v) is 2.83. The van der Waals surface area contributed by atoms with E-state index >= 15 is 0 Å². The smallest absolute Gasteiger partial charge is 0.109 e. The summed E-state index contributed by atoms with van der Waals surface area (Å²) < 4.78 is 2.12. The number of imidazole rings is 1. The van der Waals surface area contributed by atoms with Crippen molar-refractivity contribution in [3.05, 3.63) is 18.2 Å². The predicted octanol–water partition coefficient (Wildman–Crippen LogP) is 1.28. The number of nitrogens with one attached hydrogen (secondary N) is 1. The Labute approximate surface area is 110 Å². The maximum Gasteiger partial charge on any atom is 0.109 e. The van der Waals surface area contributed by atoms with E-state index in [0.717, 1.165) is 18.9 Å². The van der Waals surface area contributed by atoms with Crippen molar-refractivity contribution in [2.75, 3.05) is 26.7 Å². The largest absolute Gasteiger partial charge is 0.338 e. The lowest BCUT2D eigenvalue weighted by Gasteiger charge is -2.35. The quantitative estimate of drug-likeness (QED) is 0.854. The first-order valence-electron chi connectivity index (χ1n) is 7.06. The second-order valence-corrected chi connectivity index (χ2v) is 5.48. The molecule has 2 atom stereocenters. The maximum atomic E-state index is 4.39. The Hall–Kier alpha value is -0.870. The molecule has 1 aliphatic rings. The molecule has 0 aromatic carbocycles. The minimum atomic E-state index is 0.626. The minimum Gasteiger partial charge on any atom is -0.338 e. The lowest BCUT2D eigenvalue weighted by Crippen LogP contribution is -2.44. The van der Waals surface area contributed by atoms with Gasteiger partial charge < -0.3 is 14.8 Å². The first-order chi connectivity index (χ1) is 8.70. The lowest BCUT2D eigenvalue weighted by atomic mass is 9.91. The Morgan fingerprint density at radius 3 is 3.06 bits per heavy atom. The fourth-order valence-electron chi connectivity index (χ4n) is 2.83. The second kappa shape index (κ2) is 6.34. The van der Waals surface area contributed by atoms with Crippen molar-refractivity contribution in [2.24, 2.45) is 13.0 Å². The van der Waals surface area contributed by atoms with Gasteiger partial charge in [0, 0.05) is 45.0 Å². The molecule has 102 valence electrons. The molecule has 2 unspecified atom stereocenters. The summed E-state index contributed by atoms with van der Waals surface area (Å²) in [5.74, 6) is 1.99. The van der Waals surface area contributed by atoms with E-state index in [1.807, 2.05) is 12.4 Å². The molecule has 0 aliphatic carbocycles. The number of hydrogen-bond donors (Lipinski definition) is 1. The minimum absolute atomic E-state index is 0.626. The van der Waals surface area contributed by atoms with E-state index in [-0.39, 0.29) is 0 Å². The molecule has 4 heteroatoms. The van der Waals surface area contributed by atoms with Crippen molar-refractivity contribution >= 4 is 0 Å². The van der Waals surface area contributed by atoms with Crippen molar-refractivity contribution < 1.29 is 0 Å². The zero-order valence-electron chi connectivity index (χ0n) is 11.9. The van der Waals surface area contributed by atoms with E-state index < -0.39 is 0 Å². The molecule has 18 heavy (non-hydrogen) atoms. The van der Waals surface area contributed by atoms with Crippen LogP contribution in [0.4, 0.5) is 0 Å². The third-order valence-electron chi connectivity index (χ3n) is 4.28. The SMILES string of the molecule is CNC(C)C1CCCN(CCc2nccn2C)C1. The van der Waals surface area contributed by atoms with E-state index in [1.165, 1.54) is 31.8 Å². The number of hydrogen-bond acceptors (Lipinski definition) is 3. The predicted molar refractivity (Wildman–Crippen MR) is 74.6 cm³/mol. The molecule has 0 amide bonds. The van der Waals surface area contributed by atoms with Crippen molar-refractivity contribution in [3.8, 4) is 0 Å². The molecular formula is C14H26N4. The van der Waals surface area contributed by atoms with Crippen molar-refractivity contribution in [1.29, 1.82) is 0 Å². The molecule has 0 spiro atoms. The number of aryl methyl sites for hydroxylation is 1. The van der Waals surface area contributed by atoms with E-state index in [9.17, 15) is 0 Å². The van der Waals surface area contributed by atoms with Gasteiger partial charge in [-0.15, -0.1) is 0 Å². The molecular weight excluding hydrogens is 224 g/mol. The fraction of sp³-hybridized carbons (Fsp3) is 0.786. The standard InChI is InChI=1S/C14H26N4/c1-12(15-2)13-5-4-8-18(11-13)9-6-14-16-7-10-17(14)3/h7,10,12-13,15H,4-6,8-9,11H2,1-3H3. The Kier molecular flexibility index (Phi) is 4.78. The van der Waals surface area contributed by atoms with Crippen LogP contribution in [0.3, 0.4) is 0 Å². The van der Waals surface area contributed by atoms with Crippen LogP contribution in [0.1, 0.15) is 25.6 Å². The number of aromatic nitrogens is 2. The van der Waals surface area contributed by atoms with Gasteiger partial charge in [-0.2, -0.15) is 0 Å². The second-order valence-electron chi connectivity index (χ2n) is 5.48. The van der Waals surface area contributed by atoms with Crippen LogP contribution in [0.15, 0.2) is 12.4 Å². The van der Waals surface area contributed by atoms with Crippen LogP contribution < -0.4 is 5.32 Å². The van der Waals surface area contributed by atoms with E-state index in [0.29, 0.717) is 6.04 Å². The summed E-state index contributed by atoms with van der Waals surface area (Å²) in [6, 6.07) is 0.626. The first kappa shape index (κ1) is 13.6. The van der Waals surface area contributed by atoms with Crippen LogP contribution in [-0.2, 0) is 13.5 Å². The third-order valence-corrected chi connectivity index (χ3v) is 4.28. The summed E-state index contributed by atoms with van der Waals surface area (Å²) in [6.45, 7) is 5.91. The Balaban J connectivity index is 1.81. The highest BCUT2D eigenvalue weighted by Crippen LogP contribution is 2.19. The molecule has 2 heterocycles. The van der Waals surface area contributed by atoms with Crippen LogP contribution in [0.25, 0.3) is 0 Å². The van der Waals surface area contributed by atoms with Crippen LogP contribution >= 0.6 is 0 Å². The summed E-state index contributed by atoms with van der Waals surface area (Å²) in [7, 11) is 4.14. The average Bonchev–Trinajstić information content (AvgIpc) is 2.81. The van der Waals surface area contributed by atoms with E-state index in [1.54, 1.807) is 0 Å². The molecule has 0 saturated carbocycles. The number of rotatable bonds is 5. The van der Waals surface area contributed by atoms with Gasteiger partial charge in [0.1, 0.15) is 5.82 Å². The van der Waals surface area contributed by atoms with Crippen molar-refractivity contribution in [2.45, 2.75) is 32.2 Å². The first-order valence-corrected chi connectivity index (χ1v) is 7.06. The molecule has 4 nitrogen and oxygen atoms in total. The Morgan fingerprint density at radius 2 is 2.39 bits per heavy atom. The topological polar surface area (TPSA) is 33.1 Å². The van der Waals surface area contributed by atoms with E-state index in [4.69, 9.17) is 0 Å². The molecule has 0 radical (unpaired) electrons. The average molecular weight is 250 g/mol. The highest BCUT2D eigenvalue weighted by Gasteiger charge is 2.23. The molecule has 1 saturated heterocycles. The highest BCUT2D eigenvalue weighted by molar-refractivity contribution is 4.92. The van der Waals surface area contributed by atoms with Gasteiger partial charge in [0.15, 0.2) is 0 Å². The Bertz CT molecular complexity index is 360. The summed E-state index contributed by atoms with van der Waals surface area (Å²) in [4.78, 5) is 6.99. The van der Waals surface area contributed by atoms with Gasteiger partial charge >= 0.3 is 0 Å². The van der Waals surface area contributed by atoms with Gasteiger partial charge in [0.05, 0.1) is 0 Å². The van der Waals surface area contributed by atoms with Crippen LogP contribution in [-0.4, -0.2) is 47.2 Å². The van der Waals surface area contributed by atoms with Crippen molar-refractivity contribution in [3.63, 3.8) is 0 Å². The van der Waals surface area contributed by atoms with Crippen LogP contribution in [0.2, 0.25) is 0 Å².